The van der Waals surface area contributed by atoms with Gasteiger partial charge >= 0.3 is 0 Å². The Morgan fingerprint density at radius 3 is 2.94 bits per heavy atom. The predicted octanol–water partition coefficient (Wildman–Crippen LogP) is 2.02. The summed E-state index contributed by atoms with van der Waals surface area (Å²) in [5.74, 6) is 1.74. The fourth-order valence-corrected chi connectivity index (χ4v) is 2.23. The van der Waals surface area contributed by atoms with Gasteiger partial charge in [-0.1, -0.05) is 6.92 Å². The molecular formula is C14H22N2O2. The van der Waals surface area contributed by atoms with Gasteiger partial charge in [-0.15, -0.1) is 0 Å². The van der Waals surface area contributed by atoms with Crippen LogP contribution in [0.25, 0.3) is 0 Å². The molecule has 4 heteroatoms. The summed E-state index contributed by atoms with van der Waals surface area (Å²) >= 11 is 0. The first-order valence-electron chi connectivity index (χ1n) is 6.75. The molecule has 100 valence electrons. The highest BCUT2D eigenvalue weighted by Crippen LogP contribution is 2.15. The molecule has 0 spiro atoms. The van der Waals surface area contributed by atoms with Crippen LogP contribution < -0.4 is 5.32 Å². The van der Waals surface area contributed by atoms with Crippen LogP contribution in [0.15, 0.2) is 22.8 Å². The molecule has 1 aromatic rings. The number of hydrogen-bond donors (Lipinski definition) is 1. The quantitative estimate of drug-likeness (QED) is 0.869. The molecule has 0 aromatic carbocycles. The van der Waals surface area contributed by atoms with Crippen molar-refractivity contribution in [1.29, 1.82) is 0 Å². The third kappa shape index (κ3) is 4.18. The van der Waals surface area contributed by atoms with Gasteiger partial charge in [0, 0.05) is 13.0 Å². The Balaban J connectivity index is 1.60. The van der Waals surface area contributed by atoms with E-state index in [1.165, 1.54) is 12.8 Å². The molecule has 1 aliphatic rings. The third-order valence-corrected chi connectivity index (χ3v) is 3.57. The lowest BCUT2D eigenvalue weighted by Crippen LogP contribution is -2.36. The van der Waals surface area contributed by atoms with Crippen LogP contribution in [-0.2, 0) is 11.3 Å². The minimum Gasteiger partial charge on any atom is -0.467 e. The van der Waals surface area contributed by atoms with Gasteiger partial charge in [0.15, 0.2) is 0 Å². The topological polar surface area (TPSA) is 45.5 Å². The van der Waals surface area contributed by atoms with Gasteiger partial charge in [0.25, 0.3) is 0 Å². The van der Waals surface area contributed by atoms with Gasteiger partial charge in [0.2, 0.25) is 5.91 Å². The van der Waals surface area contributed by atoms with Crippen LogP contribution in [0.4, 0.5) is 0 Å². The van der Waals surface area contributed by atoms with E-state index in [1.54, 1.807) is 6.26 Å². The number of rotatable bonds is 5. The summed E-state index contributed by atoms with van der Waals surface area (Å²) in [6.07, 6.45) is 4.72. The molecule has 18 heavy (non-hydrogen) atoms. The lowest BCUT2D eigenvalue weighted by atomic mass is 9.99. The first-order valence-corrected chi connectivity index (χ1v) is 6.75. The Hall–Kier alpha value is -1.29. The highest BCUT2D eigenvalue weighted by atomic mass is 16.3. The van der Waals surface area contributed by atoms with Crippen molar-refractivity contribution in [2.45, 2.75) is 32.7 Å². The molecule has 1 saturated heterocycles. The number of hydrogen-bond acceptors (Lipinski definition) is 3. The SMILES string of the molecule is CC1CCN(CCC(=O)NCc2ccco2)CC1. The van der Waals surface area contributed by atoms with E-state index in [0.29, 0.717) is 13.0 Å². The van der Waals surface area contributed by atoms with E-state index in [0.717, 1.165) is 31.3 Å². The molecule has 1 amide bonds. The largest absolute Gasteiger partial charge is 0.467 e. The molecule has 0 atom stereocenters. The minimum absolute atomic E-state index is 0.102. The van der Waals surface area contributed by atoms with Gasteiger partial charge in [0.1, 0.15) is 5.76 Å². The van der Waals surface area contributed by atoms with Crippen molar-refractivity contribution in [3.05, 3.63) is 24.2 Å². The molecule has 0 aliphatic carbocycles. The maximum atomic E-state index is 11.7. The summed E-state index contributed by atoms with van der Waals surface area (Å²) in [6, 6.07) is 3.70. The molecule has 0 bridgehead atoms. The predicted molar refractivity (Wildman–Crippen MR) is 70.0 cm³/mol. The van der Waals surface area contributed by atoms with Crippen LogP contribution in [0, 0.1) is 5.92 Å². The van der Waals surface area contributed by atoms with E-state index in [4.69, 9.17) is 4.42 Å². The van der Waals surface area contributed by atoms with Gasteiger partial charge in [-0.05, 0) is 44.0 Å². The summed E-state index contributed by atoms with van der Waals surface area (Å²) in [7, 11) is 0. The molecule has 0 radical (unpaired) electrons. The maximum absolute atomic E-state index is 11.7. The maximum Gasteiger partial charge on any atom is 0.221 e. The molecule has 1 aliphatic heterocycles. The van der Waals surface area contributed by atoms with Crippen molar-refractivity contribution in [1.82, 2.24) is 10.2 Å². The highest BCUT2D eigenvalue weighted by molar-refractivity contribution is 5.75. The summed E-state index contributed by atoms with van der Waals surface area (Å²) in [5, 5.41) is 2.87. The molecule has 2 rings (SSSR count). The molecule has 1 aromatic heterocycles. The van der Waals surface area contributed by atoms with E-state index in [9.17, 15) is 4.79 Å². The first-order chi connectivity index (χ1) is 8.74. The fourth-order valence-electron chi connectivity index (χ4n) is 2.23. The lowest BCUT2D eigenvalue weighted by Gasteiger charge is -2.29. The van der Waals surface area contributed by atoms with Crippen molar-refractivity contribution < 1.29 is 9.21 Å². The van der Waals surface area contributed by atoms with Gasteiger partial charge in [-0.3, -0.25) is 4.79 Å². The van der Waals surface area contributed by atoms with Crippen molar-refractivity contribution in [2.24, 2.45) is 5.92 Å². The van der Waals surface area contributed by atoms with E-state index in [2.05, 4.69) is 17.1 Å². The lowest BCUT2D eigenvalue weighted by molar-refractivity contribution is -0.121. The average Bonchev–Trinajstić information content (AvgIpc) is 2.89. The van der Waals surface area contributed by atoms with Crippen molar-refractivity contribution in [3.8, 4) is 0 Å². The van der Waals surface area contributed by atoms with E-state index in [-0.39, 0.29) is 5.91 Å². The molecule has 2 heterocycles. The van der Waals surface area contributed by atoms with Crippen LogP contribution in [-0.4, -0.2) is 30.4 Å². The monoisotopic (exact) mass is 250 g/mol. The van der Waals surface area contributed by atoms with Gasteiger partial charge in [0.05, 0.1) is 12.8 Å². The molecule has 1 fully saturated rings. The second-order valence-electron chi connectivity index (χ2n) is 5.13. The van der Waals surface area contributed by atoms with Crippen LogP contribution in [0.3, 0.4) is 0 Å². The Labute approximate surface area is 108 Å². The second-order valence-corrected chi connectivity index (χ2v) is 5.13. The number of amides is 1. The van der Waals surface area contributed by atoms with Gasteiger partial charge in [-0.2, -0.15) is 0 Å². The Morgan fingerprint density at radius 1 is 1.50 bits per heavy atom. The second kappa shape index (κ2) is 6.59. The highest BCUT2D eigenvalue weighted by Gasteiger charge is 2.16. The normalized spacial score (nSPS) is 17.8. The van der Waals surface area contributed by atoms with Gasteiger partial charge < -0.3 is 14.6 Å². The van der Waals surface area contributed by atoms with E-state index >= 15 is 0 Å². The number of likely N-dealkylation sites (tertiary alicyclic amines) is 1. The van der Waals surface area contributed by atoms with Crippen molar-refractivity contribution in [3.63, 3.8) is 0 Å². The average molecular weight is 250 g/mol. The van der Waals surface area contributed by atoms with E-state index < -0.39 is 0 Å². The summed E-state index contributed by atoms with van der Waals surface area (Å²) in [5.41, 5.74) is 0. The smallest absolute Gasteiger partial charge is 0.221 e. The zero-order valence-corrected chi connectivity index (χ0v) is 11.0. The Bertz CT molecular complexity index is 354. The fraction of sp³-hybridized carbons (Fsp3) is 0.643. The van der Waals surface area contributed by atoms with Crippen molar-refractivity contribution >= 4 is 5.91 Å². The number of carbonyl (C=O) groups is 1. The minimum atomic E-state index is 0.102. The van der Waals surface area contributed by atoms with Crippen molar-refractivity contribution in [2.75, 3.05) is 19.6 Å². The molecule has 0 unspecified atom stereocenters. The summed E-state index contributed by atoms with van der Waals surface area (Å²) in [4.78, 5) is 14.0. The standard InChI is InChI=1S/C14H22N2O2/c1-12-4-7-16(8-5-12)9-6-14(17)15-11-13-3-2-10-18-13/h2-3,10,12H,4-9,11H2,1H3,(H,15,17). The molecule has 4 nitrogen and oxygen atoms in total. The Kier molecular flexibility index (Phi) is 4.81. The zero-order chi connectivity index (χ0) is 12.8. The van der Waals surface area contributed by atoms with E-state index in [1.807, 2.05) is 12.1 Å². The molecule has 1 N–H and O–H groups in total. The summed E-state index contributed by atoms with van der Waals surface area (Å²) < 4.78 is 5.17. The van der Waals surface area contributed by atoms with Crippen LogP contribution in [0.2, 0.25) is 0 Å². The molecule has 0 saturated carbocycles. The number of furan rings is 1. The third-order valence-electron chi connectivity index (χ3n) is 3.57. The Morgan fingerprint density at radius 2 is 2.28 bits per heavy atom. The zero-order valence-electron chi connectivity index (χ0n) is 11.0. The number of nitrogens with one attached hydrogen (secondary N) is 1. The number of piperidine rings is 1. The van der Waals surface area contributed by atoms with Crippen LogP contribution in [0.5, 0.6) is 0 Å². The van der Waals surface area contributed by atoms with Crippen LogP contribution in [0.1, 0.15) is 31.9 Å². The summed E-state index contributed by atoms with van der Waals surface area (Å²) in [6.45, 7) is 5.92. The number of nitrogens with zero attached hydrogens (tertiary/aromatic N) is 1. The number of carbonyl (C=O) groups excluding carboxylic acids is 1. The van der Waals surface area contributed by atoms with Crippen LogP contribution >= 0.6 is 0 Å². The van der Waals surface area contributed by atoms with Gasteiger partial charge in [-0.25, -0.2) is 0 Å². The first kappa shape index (κ1) is 13.1. The molecular weight excluding hydrogens is 228 g/mol.